The molecule has 1 aliphatic heterocycles. The lowest BCUT2D eigenvalue weighted by Crippen LogP contribution is -2.34. The first-order valence-corrected chi connectivity index (χ1v) is 8.29. The number of anilines is 1. The number of rotatable bonds is 4. The summed E-state index contributed by atoms with van der Waals surface area (Å²) < 4.78 is 0. The van der Waals surface area contributed by atoms with Crippen molar-refractivity contribution in [1.82, 2.24) is 5.32 Å². The van der Waals surface area contributed by atoms with Crippen LogP contribution < -0.4 is 10.2 Å². The highest BCUT2D eigenvalue weighted by Crippen LogP contribution is 2.30. The molecule has 1 heterocycles. The number of benzene rings is 1. The van der Waals surface area contributed by atoms with Crippen LogP contribution in [0.1, 0.15) is 51.1 Å². The van der Waals surface area contributed by atoms with Crippen LogP contribution in [0.4, 0.5) is 5.69 Å². The number of carbonyl (C=O) groups is 1. The predicted molar refractivity (Wildman–Crippen MR) is 86.3 cm³/mol. The minimum Gasteiger partial charge on any atom is -0.371 e. The number of nitrogens with zero attached hydrogens (tertiary/aromatic N) is 1. The van der Waals surface area contributed by atoms with Crippen LogP contribution in [-0.2, 0) is 4.79 Å². The minimum atomic E-state index is 0.104. The molecule has 1 aliphatic carbocycles. The van der Waals surface area contributed by atoms with Crippen molar-refractivity contribution < 1.29 is 4.79 Å². The third-order valence-electron chi connectivity index (χ3n) is 4.72. The van der Waals surface area contributed by atoms with Gasteiger partial charge in [0.2, 0.25) is 5.91 Å². The SMILES string of the molecule is CC1CCCN(c2ccc(C(C)NC(=O)C3CC3)cc2)C1. The van der Waals surface area contributed by atoms with Gasteiger partial charge in [0.25, 0.3) is 0 Å². The highest BCUT2D eigenvalue weighted by molar-refractivity contribution is 5.81. The van der Waals surface area contributed by atoms with Crippen molar-refractivity contribution in [1.29, 1.82) is 0 Å². The predicted octanol–water partition coefficient (Wildman–Crippen LogP) is 3.51. The highest BCUT2D eigenvalue weighted by atomic mass is 16.2. The van der Waals surface area contributed by atoms with Crippen LogP contribution in [0.5, 0.6) is 0 Å². The molecule has 0 bridgehead atoms. The molecule has 0 radical (unpaired) electrons. The Labute approximate surface area is 127 Å². The van der Waals surface area contributed by atoms with E-state index in [1.54, 1.807) is 0 Å². The summed E-state index contributed by atoms with van der Waals surface area (Å²) in [7, 11) is 0. The summed E-state index contributed by atoms with van der Waals surface area (Å²) in [6.45, 7) is 6.72. The van der Waals surface area contributed by atoms with Gasteiger partial charge in [-0.25, -0.2) is 0 Å². The van der Waals surface area contributed by atoms with Gasteiger partial charge in [-0.2, -0.15) is 0 Å². The van der Waals surface area contributed by atoms with Gasteiger partial charge >= 0.3 is 0 Å². The molecule has 1 aromatic rings. The standard InChI is InChI=1S/C18H26N2O/c1-13-4-3-11-20(12-13)17-9-7-15(8-10-17)14(2)19-18(21)16-5-6-16/h7-10,13-14,16H,3-6,11-12H2,1-2H3,(H,19,21). The maximum absolute atomic E-state index is 11.8. The number of piperidine rings is 1. The van der Waals surface area contributed by atoms with Crippen molar-refractivity contribution in [3.63, 3.8) is 0 Å². The first kappa shape index (κ1) is 14.4. The Morgan fingerprint density at radius 1 is 1.24 bits per heavy atom. The van der Waals surface area contributed by atoms with Crippen LogP contribution in [-0.4, -0.2) is 19.0 Å². The largest absolute Gasteiger partial charge is 0.371 e. The second-order valence-corrected chi connectivity index (χ2v) is 6.79. The second-order valence-electron chi connectivity index (χ2n) is 6.79. The van der Waals surface area contributed by atoms with Crippen LogP contribution >= 0.6 is 0 Å². The van der Waals surface area contributed by atoms with E-state index in [-0.39, 0.29) is 17.9 Å². The van der Waals surface area contributed by atoms with E-state index in [2.05, 4.69) is 48.3 Å². The molecule has 3 heteroatoms. The Bertz CT molecular complexity index is 492. The Morgan fingerprint density at radius 3 is 2.57 bits per heavy atom. The van der Waals surface area contributed by atoms with Crippen LogP contribution in [0.2, 0.25) is 0 Å². The van der Waals surface area contributed by atoms with Gasteiger partial charge in [0.1, 0.15) is 0 Å². The fourth-order valence-electron chi connectivity index (χ4n) is 3.16. The quantitative estimate of drug-likeness (QED) is 0.918. The van der Waals surface area contributed by atoms with Gasteiger partial charge in [-0.15, -0.1) is 0 Å². The van der Waals surface area contributed by atoms with E-state index in [0.29, 0.717) is 0 Å². The molecule has 1 N–H and O–H groups in total. The zero-order chi connectivity index (χ0) is 14.8. The summed E-state index contributed by atoms with van der Waals surface area (Å²) in [5.74, 6) is 1.29. The van der Waals surface area contributed by atoms with Gasteiger partial charge in [0, 0.05) is 24.7 Å². The van der Waals surface area contributed by atoms with E-state index in [9.17, 15) is 4.79 Å². The molecular weight excluding hydrogens is 260 g/mol. The zero-order valence-corrected chi connectivity index (χ0v) is 13.1. The van der Waals surface area contributed by atoms with E-state index in [0.717, 1.165) is 31.8 Å². The minimum absolute atomic E-state index is 0.104. The summed E-state index contributed by atoms with van der Waals surface area (Å²) in [5, 5.41) is 3.11. The first-order chi connectivity index (χ1) is 10.1. The fraction of sp³-hybridized carbons (Fsp3) is 0.611. The maximum Gasteiger partial charge on any atom is 0.223 e. The highest BCUT2D eigenvalue weighted by Gasteiger charge is 2.30. The Balaban J connectivity index is 1.61. The lowest BCUT2D eigenvalue weighted by Gasteiger charge is -2.33. The topological polar surface area (TPSA) is 32.3 Å². The third-order valence-corrected chi connectivity index (χ3v) is 4.72. The van der Waals surface area contributed by atoms with E-state index in [1.165, 1.54) is 24.1 Å². The van der Waals surface area contributed by atoms with Gasteiger partial charge in [0.05, 0.1) is 6.04 Å². The van der Waals surface area contributed by atoms with Crippen molar-refractivity contribution in [2.75, 3.05) is 18.0 Å². The third kappa shape index (κ3) is 3.58. The lowest BCUT2D eigenvalue weighted by molar-refractivity contribution is -0.122. The van der Waals surface area contributed by atoms with E-state index < -0.39 is 0 Å². The smallest absolute Gasteiger partial charge is 0.223 e. The molecule has 114 valence electrons. The molecule has 1 aromatic carbocycles. The van der Waals surface area contributed by atoms with Crippen LogP contribution in [0.3, 0.4) is 0 Å². The number of amides is 1. The molecular formula is C18H26N2O. The monoisotopic (exact) mass is 286 g/mol. The Kier molecular flexibility index (Phi) is 4.18. The molecule has 3 rings (SSSR count). The average Bonchev–Trinajstić information content (AvgIpc) is 3.32. The van der Waals surface area contributed by atoms with E-state index in [4.69, 9.17) is 0 Å². The van der Waals surface area contributed by atoms with Gasteiger partial charge in [-0.3, -0.25) is 4.79 Å². The van der Waals surface area contributed by atoms with E-state index >= 15 is 0 Å². The van der Waals surface area contributed by atoms with Gasteiger partial charge in [-0.05, 0) is 56.2 Å². The molecule has 3 nitrogen and oxygen atoms in total. The van der Waals surface area contributed by atoms with Crippen molar-refractivity contribution in [2.24, 2.45) is 11.8 Å². The summed E-state index contributed by atoms with van der Waals surface area (Å²) >= 11 is 0. The van der Waals surface area contributed by atoms with Crippen molar-refractivity contribution >= 4 is 11.6 Å². The zero-order valence-electron chi connectivity index (χ0n) is 13.1. The van der Waals surface area contributed by atoms with Gasteiger partial charge in [0.15, 0.2) is 0 Å². The summed E-state index contributed by atoms with van der Waals surface area (Å²) in [4.78, 5) is 14.3. The van der Waals surface area contributed by atoms with Gasteiger partial charge < -0.3 is 10.2 Å². The van der Waals surface area contributed by atoms with Crippen molar-refractivity contribution in [3.05, 3.63) is 29.8 Å². The van der Waals surface area contributed by atoms with Crippen LogP contribution in [0, 0.1) is 11.8 Å². The molecule has 2 unspecified atom stereocenters. The Morgan fingerprint density at radius 2 is 1.95 bits per heavy atom. The lowest BCUT2D eigenvalue weighted by atomic mass is 9.99. The maximum atomic E-state index is 11.8. The second kappa shape index (κ2) is 6.08. The molecule has 1 amide bonds. The number of hydrogen-bond acceptors (Lipinski definition) is 2. The molecule has 1 saturated heterocycles. The molecule has 2 atom stereocenters. The average molecular weight is 286 g/mol. The molecule has 0 spiro atoms. The normalized spacial score (nSPS) is 23.7. The summed E-state index contributed by atoms with van der Waals surface area (Å²) in [6, 6.07) is 8.83. The van der Waals surface area contributed by atoms with Crippen molar-refractivity contribution in [2.45, 2.75) is 45.6 Å². The number of hydrogen-bond donors (Lipinski definition) is 1. The summed E-state index contributed by atoms with van der Waals surface area (Å²) in [5.41, 5.74) is 2.50. The van der Waals surface area contributed by atoms with Crippen molar-refractivity contribution in [3.8, 4) is 0 Å². The molecule has 1 saturated carbocycles. The Hall–Kier alpha value is -1.51. The molecule has 2 fully saturated rings. The van der Waals surface area contributed by atoms with Crippen LogP contribution in [0.25, 0.3) is 0 Å². The number of carbonyl (C=O) groups excluding carboxylic acids is 1. The molecule has 0 aromatic heterocycles. The van der Waals surface area contributed by atoms with Gasteiger partial charge in [-0.1, -0.05) is 19.1 Å². The molecule has 21 heavy (non-hydrogen) atoms. The fourth-order valence-corrected chi connectivity index (χ4v) is 3.16. The first-order valence-electron chi connectivity index (χ1n) is 8.29. The van der Waals surface area contributed by atoms with Crippen LogP contribution in [0.15, 0.2) is 24.3 Å². The summed E-state index contributed by atoms with van der Waals surface area (Å²) in [6.07, 6.45) is 4.75. The van der Waals surface area contributed by atoms with E-state index in [1.807, 2.05) is 0 Å². The molecule has 2 aliphatic rings. The number of nitrogens with one attached hydrogen (secondary N) is 1.